The molecule has 0 saturated heterocycles. The molecule has 0 radical (unpaired) electrons. The molecular formula is C22H16ClNO5S. The van der Waals surface area contributed by atoms with Crippen LogP contribution in [0.1, 0.15) is 31.8 Å². The van der Waals surface area contributed by atoms with Crippen LogP contribution in [-0.2, 0) is 21.2 Å². The van der Waals surface area contributed by atoms with Gasteiger partial charge in [-0.1, -0.05) is 48.0 Å². The average Bonchev–Trinajstić information content (AvgIpc) is 3.09. The van der Waals surface area contributed by atoms with Crippen molar-refractivity contribution in [2.75, 3.05) is 6.61 Å². The van der Waals surface area contributed by atoms with E-state index in [1.54, 1.807) is 12.1 Å². The van der Waals surface area contributed by atoms with Crippen molar-refractivity contribution in [2.24, 2.45) is 5.14 Å². The van der Waals surface area contributed by atoms with E-state index in [0.717, 1.165) is 29.2 Å². The number of hydrogen-bond acceptors (Lipinski definition) is 5. The Morgan fingerprint density at radius 1 is 0.967 bits per heavy atom. The number of primary sulfonamides is 1. The molecule has 6 nitrogen and oxygen atoms in total. The number of carbonyl (C=O) groups excluding carboxylic acids is 2. The second-order valence-electron chi connectivity index (χ2n) is 6.89. The maximum Gasteiger partial charge on any atom is 0.340 e. The van der Waals surface area contributed by atoms with E-state index in [1.165, 1.54) is 17.7 Å². The predicted molar refractivity (Wildman–Crippen MR) is 112 cm³/mol. The molecule has 0 aromatic heterocycles. The summed E-state index contributed by atoms with van der Waals surface area (Å²) < 4.78 is 28.0. The third-order valence-electron chi connectivity index (χ3n) is 4.94. The molecule has 3 aromatic rings. The summed E-state index contributed by atoms with van der Waals surface area (Å²) in [5.74, 6) is -1.29. The van der Waals surface area contributed by atoms with Crippen molar-refractivity contribution in [2.45, 2.75) is 11.3 Å². The molecule has 0 fully saturated rings. The Bertz CT molecular complexity index is 1300. The summed E-state index contributed by atoms with van der Waals surface area (Å²) in [7, 11) is -4.01. The molecule has 30 heavy (non-hydrogen) atoms. The first-order chi connectivity index (χ1) is 14.2. The molecule has 152 valence electrons. The van der Waals surface area contributed by atoms with Gasteiger partial charge in [0, 0.05) is 5.56 Å². The highest BCUT2D eigenvalue weighted by Gasteiger charge is 2.21. The number of fused-ring (bicyclic) bond motifs is 3. The zero-order valence-corrected chi connectivity index (χ0v) is 17.2. The standard InChI is InChI=1S/C22H16ClNO5S/c23-20-8-7-16(30(24,27)28)11-19(20)22(26)29-12-21(25)15-6-5-14-9-13-3-1-2-4-17(13)18(14)10-15/h1-8,10-11H,9,12H2,(H2,24,27,28). The highest BCUT2D eigenvalue weighted by molar-refractivity contribution is 7.89. The van der Waals surface area contributed by atoms with Crippen LogP contribution in [0.3, 0.4) is 0 Å². The van der Waals surface area contributed by atoms with Gasteiger partial charge in [0.05, 0.1) is 15.5 Å². The largest absolute Gasteiger partial charge is 0.454 e. The second-order valence-corrected chi connectivity index (χ2v) is 8.86. The summed E-state index contributed by atoms with van der Waals surface area (Å²) >= 11 is 5.96. The first-order valence-electron chi connectivity index (χ1n) is 8.98. The number of ketones is 1. The summed E-state index contributed by atoms with van der Waals surface area (Å²) in [5.41, 5.74) is 4.66. The van der Waals surface area contributed by atoms with Gasteiger partial charge in [-0.2, -0.15) is 0 Å². The van der Waals surface area contributed by atoms with Crippen LogP contribution in [0.5, 0.6) is 0 Å². The van der Waals surface area contributed by atoms with Gasteiger partial charge in [0.2, 0.25) is 10.0 Å². The van der Waals surface area contributed by atoms with Gasteiger partial charge < -0.3 is 4.74 Å². The summed E-state index contributed by atoms with van der Waals surface area (Å²) in [6, 6.07) is 16.8. The fourth-order valence-electron chi connectivity index (χ4n) is 3.43. The number of rotatable bonds is 5. The Balaban J connectivity index is 1.51. The van der Waals surface area contributed by atoms with E-state index < -0.39 is 22.6 Å². The molecule has 4 rings (SSSR count). The minimum Gasteiger partial charge on any atom is -0.454 e. The molecule has 0 aliphatic heterocycles. The summed E-state index contributed by atoms with van der Waals surface area (Å²) in [5, 5.41) is 5.07. The topological polar surface area (TPSA) is 104 Å². The van der Waals surface area contributed by atoms with Crippen LogP contribution in [0.4, 0.5) is 0 Å². The van der Waals surface area contributed by atoms with Gasteiger partial charge in [-0.3, -0.25) is 4.79 Å². The zero-order chi connectivity index (χ0) is 21.5. The molecule has 0 amide bonds. The van der Waals surface area contributed by atoms with Gasteiger partial charge in [0.1, 0.15) is 0 Å². The lowest BCUT2D eigenvalue weighted by atomic mass is 10.0. The van der Waals surface area contributed by atoms with Crippen molar-refractivity contribution in [3.63, 3.8) is 0 Å². The van der Waals surface area contributed by atoms with Crippen LogP contribution >= 0.6 is 11.6 Å². The molecule has 0 spiro atoms. The highest BCUT2D eigenvalue weighted by atomic mass is 35.5. The number of nitrogens with two attached hydrogens (primary N) is 1. The van der Waals surface area contributed by atoms with Crippen molar-refractivity contribution >= 4 is 33.4 Å². The van der Waals surface area contributed by atoms with Crippen molar-refractivity contribution in [3.05, 3.63) is 87.9 Å². The van der Waals surface area contributed by atoms with Crippen molar-refractivity contribution < 1.29 is 22.7 Å². The lowest BCUT2D eigenvalue weighted by molar-refractivity contribution is 0.0474. The molecule has 0 heterocycles. The van der Waals surface area contributed by atoms with E-state index in [1.807, 2.05) is 24.3 Å². The maximum absolute atomic E-state index is 12.6. The Hall–Kier alpha value is -3.00. The summed E-state index contributed by atoms with van der Waals surface area (Å²) in [6.45, 7) is -0.505. The van der Waals surface area contributed by atoms with Gasteiger partial charge in [-0.05, 0) is 52.9 Å². The maximum atomic E-state index is 12.6. The van der Waals surface area contributed by atoms with E-state index in [-0.39, 0.29) is 21.3 Å². The predicted octanol–water partition coefficient (Wildman–Crippen LogP) is 3.60. The fraction of sp³-hybridized carbons (Fsp3) is 0.0909. The molecule has 0 atom stereocenters. The van der Waals surface area contributed by atoms with E-state index in [9.17, 15) is 18.0 Å². The van der Waals surface area contributed by atoms with Crippen LogP contribution < -0.4 is 5.14 Å². The average molecular weight is 442 g/mol. The number of Topliss-reactive ketones (excluding diaryl/α,β-unsaturated/α-hetero) is 1. The van der Waals surface area contributed by atoms with E-state index >= 15 is 0 Å². The molecule has 0 unspecified atom stereocenters. The number of hydrogen-bond donors (Lipinski definition) is 1. The monoisotopic (exact) mass is 441 g/mol. The number of carbonyl (C=O) groups is 2. The molecule has 8 heteroatoms. The molecule has 0 saturated carbocycles. The Kier molecular flexibility index (Phi) is 5.19. The van der Waals surface area contributed by atoms with Crippen LogP contribution in [0.2, 0.25) is 5.02 Å². The fourth-order valence-corrected chi connectivity index (χ4v) is 4.16. The zero-order valence-electron chi connectivity index (χ0n) is 15.6. The second kappa shape index (κ2) is 7.68. The lowest BCUT2D eigenvalue weighted by Gasteiger charge is -2.08. The normalized spacial score (nSPS) is 12.2. The van der Waals surface area contributed by atoms with E-state index in [0.29, 0.717) is 5.56 Å². The van der Waals surface area contributed by atoms with Crippen LogP contribution in [0.25, 0.3) is 11.1 Å². The Morgan fingerprint density at radius 2 is 1.70 bits per heavy atom. The van der Waals surface area contributed by atoms with Gasteiger partial charge in [-0.15, -0.1) is 0 Å². The van der Waals surface area contributed by atoms with Crippen LogP contribution in [0.15, 0.2) is 65.6 Å². The molecule has 0 bridgehead atoms. The van der Waals surface area contributed by atoms with Gasteiger partial charge >= 0.3 is 5.97 Å². The van der Waals surface area contributed by atoms with Gasteiger partial charge in [0.25, 0.3) is 0 Å². The minimum absolute atomic E-state index is 0.00557. The summed E-state index contributed by atoms with van der Waals surface area (Å²) in [6.07, 6.45) is 0.813. The Morgan fingerprint density at radius 3 is 2.47 bits per heavy atom. The molecule has 3 aromatic carbocycles. The van der Waals surface area contributed by atoms with Crippen molar-refractivity contribution in [3.8, 4) is 11.1 Å². The number of ether oxygens (including phenoxy) is 1. The number of halogens is 1. The quantitative estimate of drug-likeness (QED) is 0.376. The third kappa shape index (κ3) is 3.87. The molecule has 1 aliphatic rings. The lowest BCUT2D eigenvalue weighted by Crippen LogP contribution is -2.16. The number of sulfonamides is 1. The SMILES string of the molecule is NS(=O)(=O)c1ccc(Cl)c(C(=O)OCC(=O)c2ccc3c(c2)-c2ccccc2C3)c1. The molecule has 1 aliphatic carbocycles. The minimum atomic E-state index is -4.01. The first-order valence-corrected chi connectivity index (χ1v) is 10.9. The third-order valence-corrected chi connectivity index (χ3v) is 6.18. The van der Waals surface area contributed by atoms with Crippen LogP contribution in [-0.4, -0.2) is 26.8 Å². The van der Waals surface area contributed by atoms with Gasteiger partial charge in [-0.25, -0.2) is 18.4 Å². The number of esters is 1. The van der Waals surface area contributed by atoms with E-state index in [4.69, 9.17) is 21.5 Å². The molecule has 2 N–H and O–H groups in total. The smallest absolute Gasteiger partial charge is 0.340 e. The highest BCUT2D eigenvalue weighted by Crippen LogP contribution is 2.36. The van der Waals surface area contributed by atoms with Crippen molar-refractivity contribution in [1.29, 1.82) is 0 Å². The summed E-state index contributed by atoms with van der Waals surface area (Å²) in [4.78, 5) is 24.6. The number of benzene rings is 3. The van der Waals surface area contributed by atoms with Crippen molar-refractivity contribution in [1.82, 2.24) is 0 Å². The first kappa shape index (κ1) is 20.3. The van der Waals surface area contributed by atoms with Crippen LogP contribution in [0, 0.1) is 0 Å². The van der Waals surface area contributed by atoms with E-state index in [2.05, 4.69) is 6.07 Å². The van der Waals surface area contributed by atoms with Gasteiger partial charge in [0.15, 0.2) is 12.4 Å². The Labute approximate surface area is 178 Å². The molecular weight excluding hydrogens is 426 g/mol.